The van der Waals surface area contributed by atoms with Crippen LogP contribution in [0, 0.1) is 5.92 Å². The van der Waals surface area contributed by atoms with Crippen LogP contribution >= 0.6 is 12.1 Å². The van der Waals surface area contributed by atoms with Crippen molar-refractivity contribution < 1.29 is 9.90 Å². The van der Waals surface area contributed by atoms with Crippen molar-refractivity contribution >= 4 is 18.0 Å². The van der Waals surface area contributed by atoms with Gasteiger partial charge in [-0.2, -0.15) is 0 Å². The van der Waals surface area contributed by atoms with Crippen LogP contribution < -0.4 is 0 Å². The molecule has 20 heavy (non-hydrogen) atoms. The van der Waals surface area contributed by atoms with E-state index in [1.165, 1.54) is 12.8 Å². The maximum atomic E-state index is 12.5. The minimum absolute atomic E-state index is 0.177. The van der Waals surface area contributed by atoms with Crippen LogP contribution in [0.5, 0.6) is 0 Å². The summed E-state index contributed by atoms with van der Waals surface area (Å²) < 4.78 is 4.49. The van der Waals surface area contributed by atoms with Crippen LogP contribution in [-0.4, -0.2) is 69.4 Å². The van der Waals surface area contributed by atoms with E-state index in [4.69, 9.17) is 0 Å². The summed E-state index contributed by atoms with van der Waals surface area (Å²) in [5.41, 5.74) is -0.520. The average Bonchev–Trinajstić information content (AvgIpc) is 2.90. The average molecular weight is 299 g/mol. The molecular weight excluding hydrogens is 274 g/mol. The van der Waals surface area contributed by atoms with E-state index in [1.54, 1.807) is 12.1 Å². The normalized spacial score (nSPS) is 31.3. The van der Waals surface area contributed by atoms with E-state index in [0.29, 0.717) is 5.91 Å². The molecule has 6 heteroatoms. The summed E-state index contributed by atoms with van der Waals surface area (Å²) in [4.78, 5) is 14.5. The van der Waals surface area contributed by atoms with Crippen LogP contribution in [-0.2, 0) is 4.79 Å². The molecule has 0 radical (unpaired) electrons. The zero-order valence-electron chi connectivity index (χ0n) is 12.3. The fraction of sp³-hybridized carbons (Fsp3) is 0.929. The number of hydrogen-bond acceptors (Lipinski definition) is 5. The standard InChI is InChI=1S/C14H25N3O2S/c1-14(19)10-17(11-14)20-16-8-4-5-12(9-16)13(18)15-6-2-3-7-15/h12,19H,2-11H2,1H3. The number of β-amino-alcohol motifs (C(OH)–C–C–N with tert-alkyl or cyclic N) is 1. The van der Waals surface area contributed by atoms with Crippen molar-refractivity contribution in [2.75, 3.05) is 39.3 Å². The van der Waals surface area contributed by atoms with E-state index in [2.05, 4.69) is 8.61 Å². The Labute approximate surface area is 125 Å². The summed E-state index contributed by atoms with van der Waals surface area (Å²) in [5.74, 6) is 0.541. The number of carbonyl (C=O) groups is 1. The molecule has 3 saturated heterocycles. The quantitative estimate of drug-likeness (QED) is 0.786. The van der Waals surface area contributed by atoms with Crippen molar-refractivity contribution in [3.63, 3.8) is 0 Å². The molecule has 0 aromatic carbocycles. The molecule has 0 aliphatic carbocycles. The number of aliphatic hydroxyl groups is 1. The molecule has 3 rings (SSSR count). The zero-order chi connectivity index (χ0) is 14.2. The highest BCUT2D eigenvalue weighted by atomic mass is 32.2. The second kappa shape index (κ2) is 5.83. The van der Waals surface area contributed by atoms with Crippen molar-refractivity contribution in [2.45, 2.75) is 38.2 Å². The van der Waals surface area contributed by atoms with Crippen molar-refractivity contribution in [2.24, 2.45) is 5.92 Å². The second-order valence-corrected chi connectivity index (χ2v) is 7.83. The number of likely N-dealkylation sites (tertiary alicyclic amines) is 1. The lowest BCUT2D eigenvalue weighted by Crippen LogP contribution is -2.58. The molecule has 1 unspecified atom stereocenters. The largest absolute Gasteiger partial charge is 0.387 e. The monoisotopic (exact) mass is 299 g/mol. The Balaban J connectivity index is 1.47. The summed E-state index contributed by atoms with van der Waals surface area (Å²) in [6.07, 6.45) is 4.46. The van der Waals surface area contributed by atoms with Crippen molar-refractivity contribution in [3.8, 4) is 0 Å². The van der Waals surface area contributed by atoms with Gasteiger partial charge in [-0.05, 0) is 32.6 Å². The molecular formula is C14H25N3O2S. The van der Waals surface area contributed by atoms with Crippen molar-refractivity contribution in [3.05, 3.63) is 0 Å². The maximum Gasteiger partial charge on any atom is 0.227 e. The summed E-state index contributed by atoms with van der Waals surface area (Å²) in [6, 6.07) is 0. The highest BCUT2D eigenvalue weighted by Crippen LogP contribution is 2.32. The number of rotatable bonds is 3. The molecule has 0 saturated carbocycles. The topological polar surface area (TPSA) is 47.0 Å². The van der Waals surface area contributed by atoms with Crippen LogP contribution in [0.2, 0.25) is 0 Å². The van der Waals surface area contributed by atoms with E-state index in [1.807, 2.05) is 11.8 Å². The molecule has 1 amide bonds. The van der Waals surface area contributed by atoms with Gasteiger partial charge in [-0.1, -0.05) is 0 Å². The molecule has 3 fully saturated rings. The number of nitrogens with zero attached hydrogens (tertiary/aromatic N) is 3. The van der Waals surface area contributed by atoms with Gasteiger partial charge in [0.1, 0.15) is 0 Å². The van der Waals surface area contributed by atoms with Gasteiger partial charge in [0.2, 0.25) is 5.91 Å². The predicted molar refractivity (Wildman–Crippen MR) is 79.9 cm³/mol. The van der Waals surface area contributed by atoms with Crippen LogP contribution in [0.4, 0.5) is 0 Å². The first-order chi connectivity index (χ1) is 9.53. The second-order valence-electron chi connectivity index (χ2n) is 6.64. The van der Waals surface area contributed by atoms with Gasteiger partial charge in [0.05, 0.1) is 11.5 Å². The van der Waals surface area contributed by atoms with Gasteiger partial charge < -0.3 is 10.0 Å². The van der Waals surface area contributed by atoms with Gasteiger partial charge in [0, 0.05) is 51.4 Å². The highest BCUT2D eigenvalue weighted by molar-refractivity contribution is 7.94. The minimum atomic E-state index is -0.520. The van der Waals surface area contributed by atoms with Gasteiger partial charge in [-0.3, -0.25) is 4.79 Å². The molecule has 0 bridgehead atoms. The molecule has 114 valence electrons. The van der Waals surface area contributed by atoms with Crippen molar-refractivity contribution in [1.29, 1.82) is 0 Å². The molecule has 3 aliphatic heterocycles. The number of amides is 1. The Hall–Kier alpha value is -0.300. The first-order valence-corrected chi connectivity index (χ1v) is 8.46. The van der Waals surface area contributed by atoms with Crippen LogP contribution in [0.1, 0.15) is 32.6 Å². The highest BCUT2D eigenvalue weighted by Gasteiger charge is 2.39. The molecule has 0 aromatic heterocycles. The summed E-state index contributed by atoms with van der Waals surface area (Å²) in [7, 11) is 0. The fourth-order valence-corrected chi connectivity index (χ4v) is 4.80. The summed E-state index contributed by atoms with van der Waals surface area (Å²) in [6.45, 7) is 7.14. The minimum Gasteiger partial charge on any atom is -0.387 e. The number of carbonyl (C=O) groups excluding carboxylic acids is 1. The molecule has 0 aromatic rings. The Kier molecular flexibility index (Phi) is 4.26. The van der Waals surface area contributed by atoms with E-state index >= 15 is 0 Å². The van der Waals surface area contributed by atoms with Gasteiger partial charge in [0.15, 0.2) is 0 Å². The van der Waals surface area contributed by atoms with Gasteiger partial charge in [-0.25, -0.2) is 8.61 Å². The Morgan fingerprint density at radius 2 is 1.85 bits per heavy atom. The first-order valence-electron chi connectivity index (χ1n) is 7.73. The Bertz CT molecular complexity index is 363. The third-order valence-corrected chi connectivity index (χ3v) is 5.47. The molecule has 1 atom stereocenters. The first kappa shape index (κ1) is 14.6. The lowest BCUT2D eigenvalue weighted by molar-refractivity contribution is -0.135. The van der Waals surface area contributed by atoms with E-state index in [9.17, 15) is 9.90 Å². The SMILES string of the molecule is CC1(O)CN(SN2CCCC(C(=O)N3CCCC3)C2)C1. The van der Waals surface area contributed by atoms with E-state index in [-0.39, 0.29) is 5.92 Å². The maximum absolute atomic E-state index is 12.5. The van der Waals surface area contributed by atoms with Crippen LogP contribution in [0.25, 0.3) is 0 Å². The molecule has 0 spiro atoms. The summed E-state index contributed by atoms with van der Waals surface area (Å²) >= 11 is 1.71. The molecule has 3 aliphatic rings. The molecule has 1 N–H and O–H groups in total. The third kappa shape index (κ3) is 3.30. The third-order valence-electron chi connectivity index (χ3n) is 4.42. The lowest BCUT2D eigenvalue weighted by atomic mass is 9.98. The van der Waals surface area contributed by atoms with Gasteiger partial charge in [-0.15, -0.1) is 0 Å². The van der Waals surface area contributed by atoms with Gasteiger partial charge >= 0.3 is 0 Å². The van der Waals surface area contributed by atoms with Gasteiger partial charge in [0.25, 0.3) is 0 Å². The smallest absolute Gasteiger partial charge is 0.227 e. The number of piperidine rings is 1. The van der Waals surface area contributed by atoms with E-state index in [0.717, 1.165) is 52.1 Å². The molecule has 3 heterocycles. The number of hydrogen-bond donors (Lipinski definition) is 1. The molecule has 5 nitrogen and oxygen atoms in total. The van der Waals surface area contributed by atoms with E-state index < -0.39 is 5.60 Å². The van der Waals surface area contributed by atoms with Crippen molar-refractivity contribution in [1.82, 2.24) is 13.5 Å². The van der Waals surface area contributed by atoms with Crippen LogP contribution in [0.15, 0.2) is 0 Å². The summed E-state index contributed by atoms with van der Waals surface area (Å²) in [5, 5.41) is 9.76. The van der Waals surface area contributed by atoms with Crippen LogP contribution in [0.3, 0.4) is 0 Å². The lowest BCUT2D eigenvalue weighted by Gasteiger charge is -2.45. The Morgan fingerprint density at radius 3 is 2.50 bits per heavy atom. The Morgan fingerprint density at radius 1 is 1.15 bits per heavy atom. The fourth-order valence-electron chi connectivity index (χ4n) is 3.35. The predicted octanol–water partition coefficient (Wildman–Crippen LogP) is 0.951. The zero-order valence-corrected chi connectivity index (χ0v) is 13.1.